The number of nitrogens with two attached hydrogens (primary N) is 1. The Balaban J connectivity index is 2.37. The van der Waals surface area contributed by atoms with Crippen molar-refractivity contribution in [2.75, 3.05) is 18.5 Å². The third-order valence-corrected chi connectivity index (χ3v) is 3.78. The van der Waals surface area contributed by atoms with Crippen molar-refractivity contribution < 1.29 is 14.6 Å². The number of carbonyl (C=O) groups is 1. The molecule has 1 atom stereocenters. The molecule has 0 spiro atoms. The van der Waals surface area contributed by atoms with Crippen molar-refractivity contribution in [2.45, 2.75) is 51.5 Å². The summed E-state index contributed by atoms with van der Waals surface area (Å²) in [7, 11) is 0. The molecular formula is C17H27ClN2O3. The molecular weight excluding hydrogens is 316 g/mol. The van der Waals surface area contributed by atoms with E-state index < -0.39 is 18.6 Å². The molecule has 5 nitrogen and oxygen atoms in total. The molecule has 0 aliphatic carbocycles. The van der Waals surface area contributed by atoms with Crippen LogP contribution in [-0.2, 0) is 4.79 Å². The predicted octanol–water partition coefficient (Wildman–Crippen LogP) is 3.34. The van der Waals surface area contributed by atoms with Gasteiger partial charge in [0, 0.05) is 5.69 Å². The maximum absolute atomic E-state index is 11.6. The van der Waals surface area contributed by atoms with Crippen LogP contribution in [0.4, 0.5) is 5.69 Å². The van der Waals surface area contributed by atoms with Gasteiger partial charge in [-0.3, -0.25) is 4.79 Å². The molecule has 0 saturated heterocycles. The zero-order valence-corrected chi connectivity index (χ0v) is 14.4. The van der Waals surface area contributed by atoms with E-state index >= 15 is 0 Å². The number of carbonyl (C=O) groups excluding carboxylic acids is 1. The van der Waals surface area contributed by atoms with Crippen molar-refractivity contribution in [1.82, 2.24) is 0 Å². The van der Waals surface area contributed by atoms with Crippen LogP contribution < -0.4 is 15.8 Å². The predicted molar refractivity (Wildman–Crippen MR) is 94.0 cm³/mol. The highest BCUT2D eigenvalue weighted by atomic mass is 35.5. The van der Waals surface area contributed by atoms with Crippen LogP contribution in [0.25, 0.3) is 0 Å². The second-order valence-electron chi connectivity index (χ2n) is 5.54. The van der Waals surface area contributed by atoms with Gasteiger partial charge in [-0.15, -0.1) is 0 Å². The third kappa shape index (κ3) is 7.68. The number of hydrogen-bond donors (Lipinski definition) is 3. The summed E-state index contributed by atoms with van der Waals surface area (Å²) in [6.07, 6.45) is 7.22. The van der Waals surface area contributed by atoms with Crippen molar-refractivity contribution in [3.05, 3.63) is 23.2 Å². The number of unbranched alkanes of at least 4 members (excludes halogenated alkanes) is 5. The van der Waals surface area contributed by atoms with Gasteiger partial charge in [-0.05, 0) is 24.6 Å². The van der Waals surface area contributed by atoms with Gasteiger partial charge in [-0.1, -0.05) is 50.6 Å². The molecule has 0 aromatic heterocycles. The number of amides is 1. The number of aliphatic hydroxyl groups excluding tert-OH is 1. The smallest absolute Gasteiger partial charge is 0.243 e. The van der Waals surface area contributed by atoms with Crippen molar-refractivity contribution in [1.29, 1.82) is 0 Å². The van der Waals surface area contributed by atoms with Gasteiger partial charge in [-0.25, -0.2) is 0 Å². The Morgan fingerprint density at radius 3 is 2.65 bits per heavy atom. The SMILES string of the molecule is CCCCCCCCOc1ccc(NC(=O)[C@@H](N)CO)cc1Cl. The lowest BCUT2D eigenvalue weighted by Crippen LogP contribution is -2.38. The molecule has 1 aromatic carbocycles. The standard InChI is InChI=1S/C17H27ClN2O3/c1-2-3-4-5-6-7-10-23-16-9-8-13(11-14(16)18)20-17(22)15(19)12-21/h8-9,11,15,21H,2-7,10,12,19H2,1H3,(H,20,22)/t15-/m0/s1. The van der Waals surface area contributed by atoms with Gasteiger partial charge >= 0.3 is 0 Å². The van der Waals surface area contributed by atoms with E-state index in [0.717, 1.165) is 12.8 Å². The number of aliphatic hydroxyl groups is 1. The molecule has 0 aliphatic rings. The number of nitrogens with one attached hydrogen (secondary N) is 1. The summed E-state index contributed by atoms with van der Waals surface area (Å²) in [6, 6.07) is 4.08. The molecule has 1 amide bonds. The first-order valence-corrected chi connectivity index (χ1v) is 8.56. The molecule has 23 heavy (non-hydrogen) atoms. The number of rotatable bonds is 11. The van der Waals surface area contributed by atoms with Gasteiger partial charge in [-0.2, -0.15) is 0 Å². The summed E-state index contributed by atoms with van der Waals surface area (Å²) in [5, 5.41) is 11.9. The number of benzene rings is 1. The van der Waals surface area contributed by atoms with Crippen LogP contribution in [-0.4, -0.2) is 30.3 Å². The van der Waals surface area contributed by atoms with Gasteiger partial charge in [0.05, 0.1) is 18.2 Å². The summed E-state index contributed by atoms with van der Waals surface area (Å²) in [5.41, 5.74) is 5.96. The van der Waals surface area contributed by atoms with Gasteiger partial charge in [0.1, 0.15) is 11.8 Å². The van der Waals surface area contributed by atoms with E-state index in [-0.39, 0.29) is 0 Å². The molecule has 0 radical (unpaired) electrons. The van der Waals surface area contributed by atoms with Crippen LogP contribution in [0.1, 0.15) is 45.4 Å². The van der Waals surface area contributed by atoms with Crippen LogP contribution in [0.2, 0.25) is 5.02 Å². The molecule has 130 valence electrons. The number of hydrogen-bond acceptors (Lipinski definition) is 4. The maximum atomic E-state index is 11.6. The van der Waals surface area contributed by atoms with E-state index in [9.17, 15) is 4.79 Å². The molecule has 0 fully saturated rings. The molecule has 0 bridgehead atoms. The second kappa shape index (κ2) is 11.3. The van der Waals surface area contributed by atoms with Gasteiger partial charge in [0.25, 0.3) is 0 Å². The molecule has 4 N–H and O–H groups in total. The number of ether oxygens (including phenoxy) is 1. The monoisotopic (exact) mass is 342 g/mol. The first-order chi connectivity index (χ1) is 11.1. The second-order valence-corrected chi connectivity index (χ2v) is 5.95. The lowest BCUT2D eigenvalue weighted by Gasteiger charge is -2.12. The van der Waals surface area contributed by atoms with Crippen LogP contribution in [0.15, 0.2) is 18.2 Å². The quantitative estimate of drug-likeness (QED) is 0.538. The Morgan fingerprint density at radius 2 is 2.00 bits per heavy atom. The van der Waals surface area contributed by atoms with Crippen molar-refractivity contribution >= 4 is 23.2 Å². The van der Waals surface area contributed by atoms with Crippen molar-refractivity contribution in [3.63, 3.8) is 0 Å². The van der Waals surface area contributed by atoms with E-state index in [2.05, 4.69) is 12.2 Å². The highest BCUT2D eigenvalue weighted by Crippen LogP contribution is 2.28. The Morgan fingerprint density at radius 1 is 1.30 bits per heavy atom. The van der Waals surface area contributed by atoms with Crippen LogP contribution in [0, 0.1) is 0 Å². The van der Waals surface area contributed by atoms with Crippen LogP contribution >= 0.6 is 11.6 Å². The largest absolute Gasteiger partial charge is 0.492 e. The average Bonchev–Trinajstić information content (AvgIpc) is 2.54. The van der Waals surface area contributed by atoms with Crippen molar-refractivity contribution in [2.24, 2.45) is 5.73 Å². The summed E-state index contributed by atoms with van der Waals surface area (Å²) < 4.78 is 5.66. The maximum Gasteiger partial charge on any atom is 0.243 e. The minimum atomic E-state index is -0.947. The lowest BCUT2D eigenvalue weighted by atomic mass is 10.1. The third-order valence-electron chi connectivity index (χ3n) is 3.49. The van der Waals surface area contributed by atoms with Gasteiger partial charge < -0.3 is 20.9 Å². The van der Waals surface area contributed by atoms with E-state index in [1.165, 1.54) is 25.7 Å². The number of anilines is 1. The van der Waals surface area contributed by atoms with E-state index in [0.29, 0.717) is 23.1 Å². The first kappa shape index (κ1) is 19.7. The van der Waals surface area contributed by atoms with Crippen LogP contribution in [0.3, 0.4) is 0 Å². The fourth-order valence-electron chi connectivity index (χ4n) is 2.08. The fourth-order valence-corrected chi connectivity index (χ4v) is 2.31. The minimum Gasteiger partial charge on any atom is -0.492 e. The van der Waals surface area contributed by atoms with Gasteiger partial charge in [0.2, 0.25) is 5.91 Å². The minimum absolute atomic E-state index is 0.404. The summed E-state index contributed by atoms with van der Waals surface area (Å²) >= 11 is 6.15. The summed E-state index contributed by atoms with van der Waals surface area (Å²) in [6.45, 7) is 2.43. The molecule has 0 aliphatic heterocycles. The van der Waals surface area contributed by atoms with E-state index in [1.807, 2.05) is 0 Å². The highest BCUT2D eigenvalue weighted by Gasteiger charge is 2.12. The lowest BCUT2D eigenvalue weighted by molar-refractivity contribution is -0.118. The van der Waals surface area contributed by atoms with Crippen molar-refractivity contribution in [3.8, 4) is 5.75 Å². The molecule has 0 saturated carbocycles. The van der Waals surface area contributed by atoms with Crippen LogP contribution in [0.5, 0.6) is 5.75 Å². The summed E-state index contributed by atoms with van der Waals surface area (Å²) in [4.78, 5) is 11.6. The topological polar surface area (TPSA) is 84.6 Å². The zero-order valence-electron chi connectivity index (χ0n) is 13.7. The molecule has 1 rings (SSSR count). The average molecular weight is 343 g/mol. The molecule has 1 aromatic rings. The zero-order chi connectivity index (χ0) is 17.1. The normalized spacial score (nSPS) is 12.0. The fraction of sp³-hybridized carbons (Fsp3) is 0.588. The Kier molecular flexibility index (Phi) is 9.67. The van der Waals surface area contributed by atoms with E-state index in [4.69, 9.17) is 27.2 Å². The molecule has 6 heteroatoms. The first-order valence-electron chi connectivity index (χ1n) is 8.18. The molecule has 0 unspecified atom stereocenters. The summed E-state index contributed by atoms with van der Waals surface area (Å²) in [5.74, 6) is 0.147. The Labute approximate surface area is 143 Å². The Hall–Kier alpha value is -1.30. The van der Waals surface area contributed by atoms with E-state index in [1.54, 1.807) is 18.2 Å². The molecule has 0 heterocycles. The van der Waals surface area contributed by atoms with Gasteiger partial charge in [0.15, 0.2) is 0 Å². The Bertz CT molecular complexity index is 483. The highest BCUT2D eigenvalue weighted by molar-refractivity contribution is 6.32. The number of halogens is 1.